The first kappa shape index (κ1) is 16.2. The van der Waals surface area contributed by atoms with Gasteiger partial charge in [-0.2, -0.15) is 4.98 Å². The van der Waals surface area contributed by atoms with Gasteiger partial charge in [-0.3, -0.25) is 10.1 Å². The Morgan fingerprint density at radius 1 is 1.52 bits per heavy atom. The minimum absolute atomic E-state index is 0.0516. The summed E-state index contributed by atoms with van der Waals surface area (Å²) in [6.45, 7) is 1.38. The molecule has 10 nitrogen and oxygen atoms in total. The van der Waals surface area contributed by atoms with E-state index in [2.05, 4.69) is 4.98 Å². The van der Waals surface area contributed by atoms with Crippen molar-refractivity contribution in [3.63, 3.8) is 0 Å². The van der Waals surface area contributed by atoms with Crippen LogP contribution in [0.15, 0.2) is 10.9 Å². The summed E-state index contributed by atoms with van der Waals surface area (Å²) in [5.74, 6) is 0.0516. The number of nitrogens with zero attached hydrogens (tertiary/aromatic N) is 2. The summed E-state index contributed by atoms with van der Waals surface area (Å²) in [6, 6.07) is 1.44. The third kappa shape index (κ3) is 3.38. The molecule has 0 aromatic carbocycles. The topological polar surface area (TPSA) is 166 Å². The Balaban J connectivity index is 2.24. The van der Waals surface area contributed by atoms with Crippen molar-refractivity contribution in [2.75, 3.05) is 12.3 Å². The van der Waals surface area contributed by atoms with Crippen LogP contribution in [0.5, 0.6) is 0 Å². The van der Waals surface area contributed by atoms with Gasteiger partial charge in [0, 0.05) is 5.69 Å². The fourth-order valence-electron chi connectivity index (χ4n) is 2.17. The molecule has 0 saturated carbocycles. The summed E-state index contributed by atoms with van der Waals surface area (Å²) < 4.78 is 11.3. The molecule has 5 atom stereocenters. The Bertz CT molecular complexity index is 567. The lowest BCUT2D eigenvalue weighted by Crippen LogP contribution is -2.37. The molecule has 1 aromatic heterocycles. The lowest BCUT2D eigenvalue weighted by atomic mass is 10.1. The Labute approximate surface area is 120 Å². The summed E-state index contributed by atoms with van der Waals surface area (Å²) in [4.78, 5) is 24.4. The highest BCUT2D eigenvalue weighted by Crippen LogP contribution is 2.31. The molecule has 0 radical (unpaired) electrons. The van der Waals surface area contributed by atoms with Crippen LogP contribution in [0.4, 0.5) is 5.82 Å². The van der Waals surface area contributed by atoms with Crippen LogP contribution in [-0.4, -0.2) is 49.6 Å². The van der Waals surface area contributed by atoms with E-state index in [1.54, 1.807) is 6.92 Å². The molecular weight excluding hydrogens is 303 g/mol. The predicted octanol–water partition coefficient (Wildman–Crippen LogP) is -2.05. The first-order valence-electron chi connectivity index (χ1n) is 6.05. The zero-order valence-electron chi connectivity index (χ0n) is 11.2. The van der Waals surface area contributed by atoms with Crippen LogP contribution in [0.3, 0.4) is 0 Å². The number of rotatable bonds is 4. The molecule has 1 fully saturated rings. The van der Waals surface area contributed by atoms with Gasteiger partial charge in [0.2, 0.25) is 8.53 Å². The maximum absolute atomic E-state index is 11.9. The van der Waals surface area contributed by atoms with Gasteiger partial charge in [0.1, 0.15) is 24.1 Å². The van der Waals surface area contributed by atoms with Crippen molar-refractivity contribution in [2.24, 2.45) is 5.50 Å². The molecule has 0 spiro atoms. The van der Waals surface area contributed by atoms with E-state index in [1.165, 1.54) is 6.07 Å². The Kier molecular flexibility index (Phi) is 4.89. The molecule has 0 bridgehead atoms. The number of nitrogens with two attached hydrogens (primary N) is 2. The monoisotopic (exact) mass is 320 g/mol. The molecule has 1 aliphatic rings. The molecule has 21 heavy (non-hydrogen) atoms. The molecule has 118 valence electrons. The SMILES string of the molecule is Cc1cc(N)nc(=O)n1[C@@H]1O[C@H](COP(N)O)[C@@H](O)[C@H]1O. The number of hydrogen-bond donors (Lipinski definition) is 5. The average molecular weight is 320 g/mol. The smallest absolute Gasteiger partial charge is 0.351 e. The predicted molar refractivity (Wildman–Crippen MR) is 72.8 cm³/mol. The lowest BCUT2D eigenvalue weighted by Gasteiger charge is -2.19. The van der Waals surface area contributed by atoms with Gasteiger partial charge in [-0.05, 0) is 13.0 Å². The Hall–Kier alpha value is -1.13. The number of nitrogen functional groups attached to an aromatic ring is 1. The second-order valence-corrected chi connectivity index (χ2v) is 5.48. The third-order valence-electron chi connectivity index (χ3n) is 3.13. The third-order valence-corrected chi connectivity index (χ3v) is 3.54. The molecule has 7 N–H and O–H groups in total. The molecule has 1 unspecified atom stereocenters. The first-order chi connectivity index (χ1) is 9.81. The summed E-state index contributed by atoms with van der Waals surface area (Å²) in [5.41, 5.74) is 10.3. The molecule has 1 aromatic rings. The highest BCUT2D eigenvalue weighted by molar-refractivity contribution is 7.43. The van der Waals surface area contributed by atoms with Crippen molar-refractivity contribution in [2.45, 2.75) is 31.5 Å². The number of aryl methyl sites for hydroxylation is 1. The van der Waals surface area contributed by atoms with Crippen molar-refractivity contribution >= 4 is 14.3 Å². The van der Waals surface area contributed by atoms with Gasteiger partial charge in [-0.1, -0.05) is 0 Å². The van der Waals surface area contributed by atoms with E-state index >= 15 is 0 Å². The van der Waals surface area contributed by atoms with Crippen molar-refractivity contribution < 1.29 is 24.4 Å². The van der Waals surface area contributed by atoms with Gasteiger partial charge < -0.3 is 30.1 Å². The largest absolute Gasteiger partial charge is 0.387 e. The van der Waals surface area contributed by atoms with Crippen LogP contribution in [0.25, 0.3) is 0 Å². The van der Waals surface area contributed by atoms with Crippen LogP contribution in [0.2, 0.25) is 0 Å². The van der Waals surface area contributed by atoms with E-state index < -0.39 is 38.8 Å². The summed E-state index contributed by atoms with van der Waals surface area (Å²) in [7, 11) is -2.11. The van der Waals surface area contributed by atoms with Gasteiger partial charge in [-0.25, -0.2) is 4.79 Å². The van der Waals surface area contributed by atoms with Crippen molar-refractivity contribution in [1.82, 2.24) is 9.55 Å². The first-order valence-corrected chi connectivity index (χ1v) is 7.33. The zero-order valence-corrected chi connectivity index (χ0v) is 12.1. The van der Waals surface area contributed by atoms with Crippen LogP contribution in [0.1, 0.15) is 11.9 Å². The standard InChI is InChI=1S/C10H17N4O6P/c1-4-2-6(11)13-10(17)14(4)9-8(16)7(15)5(20-9)3-19-21(12)18/h2,5,7-9,15-16,18H,3,12H2,1H3,(H2,11,13,17)/t5-,7-,8-,9-,21?/m1/s1. The highest BCUT2D eigenvalue weighted by Gasteiger charge is 2.44. The Morgan fingerprint density at radius 2 is 2.19 bits per heavy atom. The number of aliphatic hydroxyl groups is 2. The van der Waals surface area contributed by atoms with Crippen molar-refractivity contribution in [1.29, 1.82) is 0 Å². The maximum Gasteiger partial charge on any atom is 0.351 e. The van der Waals surface area contributed by atoms with Crippen LogP contribution in [-0.2, 0) is 9.26 Å². The fourth-order valence-corrected chi connectivity index (χ4v) is 2.47. The van der Waals surface area contributed by atoms with Gasteiger partial charge in [-0.15, -0.1) is 0 Å². The van der Waals surface area contributed by atoms with Crippen molar-refractivity contribution in [3.8, 4) is 0 Å². The molecule has 2 rings (SSSR count). The normalized spacial score (nSPS) is 30.5. The van der Waals surface area contributed by atoms with Crippen molar-refractivity contribution in [3.05, 3.63) is 22.2 Å². The summed E-state index contributed by atoms with van der Waals surface area (Å²) >= 11 is 0. The minimum atomic E-state index is -2.11. The number of hydrogen-bond acceptors (Lipinski definition) is 9. The second kappa shape index (κ2) is 6.32. The number of anilines is 1. The van der Waals surface area contributed by atoms with Gasteiger partial charge in [0.15, 0.2) is 6.23 Å². The molecule has 0 amide bonds. The number of ether oxygens (including phenoxy) is 1. The van der Waals surface area contributed by atoms with Crippen LogP contribution in [0, 0.1) is 6.92 Å². The molecule has 2 heterocycles. The minimum Gasteiger partial charge on any atom is -0.387 e. The summed E-state index contributed by atoms with van der Waals surface area (Å²) in [5, 5.41) is 19.9. The van der Waals surface area contributed by atoms with E-state index in [-0.39, 0.29) is 12.4 Å². The summed E-state index contributed by atoms with van der Waals surface area (Å²) in [6.07, 6.45) is -4.72. The molecule has 1 saturated heterocycles. The molecule has 0 aliphatic carbocycles. The van der Waals surface area contributed by atoms with E-state index in [0.717, 1.165) is 4.57 Å². The van der Waals surface area contributed by atoms with Gasteiger partial charge >= 0.3 is 5.69 Å². The second-order valence-electron chi connectivity index (χ2n) is 4.62. The zero-order chi connectivity index (χ0) is 15.7. The maximum atomic E-state index is 11.9. The van der Waals surface area contributed by atoms with E-state index in [4.69, 9.17) is 25.4 Å². The van der Waals surface area contributed by atoms with E-state index in [0.29, 0.717) is 5.69 Å². The fraction of sp³-hybridized carbons (Fsp3) is 0.600. The van der Waals surface area contributed by atoms with Gasteiger partial charge in [0.25, 0.3) is 0 Å². The number of aromatic nitrogens is 2. The molecular formula is C10H17N4O6P. The van der Waals surface area contributed by atoms with Crippen LogP contribution >= 0.6 is 8.53 Å². The number of aliphatic hydroxyl groups excluding tert-OH is 2. The lowest BCUT2D eigenvalue weighted by molar-refractivity contribution is -0.0522. The highest BCUT2D eigenvalue weighted by atomic mass is 31.2. The quantitative estimate of drug-likeness (QED) is 0.392. The molecule has 1 aliphatic heterocycles. The Morgan fingerprint density at radius 3 is 2.76 bits per heavy atom. The van der Waals surface area contributed by atoms with E-state index in [1.807, 2.05) is 0 Å². The van der Waals surface area contributed by atoms with Gasteiger partial charge in [0.05, 0.1) is 6.61 Å². The average Bonchev–Trinajstić information content (AvgIpc) is 2.63. The molecule has 11 heteroatoms. The van der Waals surface area contributed by atoms with Crippen LogP contribution < -0.4 is 16.9 Å². The van der Waals surface area contributed by atoms with E-state index in [9.17, 15) is 15.0 Å².